The number of hydrogen-bond donors (Lipinski definition) is 1. The van der Waals surface area contributed by atoms with E-state index in [1.807, 2.05) is 18.2 Å². The fourth-order valence-electron chi connectivity index (χ4n) is 4.03. The van der Waals surface area contributed by atoms with Crippen molar-refractivity contribution in [1.82, 2.24) is 24.6 Å². The first kappa shape index (κ1) is 17.6. The Balaban J connectivity index is 1.62. The summed E-state index contributed by atoms with van der Waals surface area (Å²) in [5.74, 6) is 1.60. The molecule has 150 valence electrons. The van der Waals surface area contributed by atoms with Gasteiger partial charge in [-0.3, -0.25) is 4.98 Å². The van der Waals surface area contributed by atoms with Crippen LogP contribution >= 0.6 is 0 Å². The van der Waals surface area contributed by atoms with Crippen molar-refractivity contribution in [3.63, 3.8) is 0 Å². The molecule has 7 heteroatoms. The van der Waals surface area contributed by atoms with Gasteiger partial charge >= 0.3 is 0 Å². The Hall–Kier alpha value is -4.26. The molecule has 4 heterocycles. The monoisotopic (exact) mass is 407 g/mol. The van der Waals surface area contributed by atoms with Crippen LogP contribution in [0.25, 0.3) is 17.0 Å². The highest BCUT2D eigenvalue weighted by atomic mass is 16.5. The van der Waals surface area contributed by atoms with Crippen LogP contribution in [0.5, 0.6) is 17.4 Å². The van der Waals surface area contributed by atoms with Crippen molar-refractivity contribution in [3.05, 3.63) is 95.6 Å². The van der Waals surface area contributed by atoms with Gasteiger partial charge in [0, 0.05) is 35.5 Å². The van der Waals surface area contributed by atoms with Gasteiger partial charge in [0.25, 0.3) is 0 Å². The zero-order valence-corrected chi connectivity index (χ0v) is 16.6. The van der Waals surface area contributed by atoms with Gasteiger partial charge in [-0.15, -0.1) is 5.10 Å². The number of aromatic nitrogens is 5. The predicted octanol–water partition coefficient (Wildman–Crippen LogP) is 4.49. The fraction of sp³-hybridized carbons (Fsp3) is 0.0833. The Morgan fingerprint density at radius 3 is 2.74 bits per heavy atom. The second-order valence-corrected chi connectivity index (χ2v) is 7.58. The van der Waals surface area contributed by atoms with Crippen LogP contribution in [0.1, 0.15) is 28.2 Å². The Morgan fingerprint density at radius 1 is 1.06 bits per heavy atom. The molecule has 0 saturated heterocycles. The first-order valence-corrected chi connectivity index (χ1v) is 9.90. The van der Waals surface area contributed by atoms with Gasteiger partial charge in [0.05, 0.1) is 5.56 Å². The summed E-state index contributed by atoms with van der Waals surface area (Å²) >= 11 is 0. The summed E-state index contributed by atoms with van der Waals surface area (Å²) in [5.41, 5.74) is 5.55. The molecule has 0 spiro atoms. The minimum Gasteiger partial charge on any atom is -0.508 e. The molecule has 1 aliphatic rings. The van der Waals surface area contributed by atoms with E-state index in [4.69, 9.17) is 9.72 Å². The van der Waals surface area contributed by atoms with Gasteiger partial charge in [-0.2, -0.15) is 0 Å². The number of fused-ring (bicyclic) bond motifs is 4. The first-order valence-electron chi connectivity index (χ1n) is 9.90. The second kappa shape index (κ2) is 6.63. The van der Waals surface area contributed by atoms with Crippen LogP contribution in [0.2, 0.25) is 0 Å². The number of pyridine rings is 1. The standard InChI is InChI=1S/C24H17N5O2/c1-14-4-6-15(7-5-14)20-18-9-8-17(30)11-19(18)31-24-21(20)23-27-22(28-29(23)13-26-24)16-3-2-10-25-12-16/h2-13,20,30H,1H3/t20-/m1/s1. The van der Waals surface area contributed by atoms with E-state index >= 15 is 0 Å². The Labute approximate surface area is 177 Å². The summed E-state index contributed by atoms with van der Waals surface area (Å²) in [5, 5.41) is 14.6. The van der Waals surface area contributed by atoms with E-state index in [-0.39, 0.29) is 11.7 Å². The molecule has 7 nitrogen and oxygen atoms in total. The number of phenolic OH excluding ortho intramolecular Hbond substituents is 1. The molecule has 0 amide bonds. The number of rotatable bonds is 2. The third-order valence-corrected chi connectivity index (χ3v) is 5.52. The third kappa shape index (κ3) is 2.82. The molecule has 0 bridgehead atoms. The molecular weight excluding hydrogens is 390 g/mol. The lowest BCUT2D eigenvalue weighted by atomic mass is 9.83. The maximum atomic E-state index is 10.00. The molecule has 0 unspecified atom stereocenters. The van der Waals surface area contributed by atoms with E-state index in [2.05, 4.69) is 46.3 Å². The number of benzene rings is 2. The molecule has 1 N–H and O–H groups in total. The third-order valence-electron chi connectivity index (χ3n) is 5.52. The fourth-order valence-corrected chi connectivity index (χ4v) is 4.03. The van der Waals surface area contributed by atoms with Gasteiger partial charge in [-0.05, 0) is 30.7 Å². The van der Waals surface area contributed by atoms with Crippen molar-refractivity contribution in [2.75, 3.05) is 0 Å². The summed E-state index contributed by atoms with van der Waals surface area (Å²) in [6, 6.07) is 17.3. The smallest absolute Gasteiger partial charge is 0.228 e. The average Bonchev–Trinajstić information content (AvgIpc) is 3.23. The molecule has 6 rings (SSSR count). The maximum Gasteiger partial charge on any atom is 0.228 e. The number of aryl methyl sites for hydroxylation is 1. The van der Waals surface area contributed by atoms with Crippen molar-refractivity contribution in [2.45, 2.75) is 12.8 Å². The van der Waals surface area contributed by atoms with Crippen LogP contribution in [-0.4, -0.2) is 29.7 Å². The molecule has 3 aromatic heterocycles. The number of aromatic hydroxyl groups is 1. The van der Waals surface area contributed by atoms with Gasteiger partial charge in [-0.1, -0.05) is 35.9 Å². The Bertz CT molecular complexity index is 1430. The van der Waals surface area contributed by atoms with Crippen molar-refractivity contribution < 1.29 is 9.84 Å². The van der Waals surface area contributed by atoms with Crippen LogP contribution in [0.15, 0.2) is 73.3 Å². The van der Waals surface area contributed by atoms with Crippen molar-refractivity contribution in [1.29, 1.82) is 0 Å². The second-order valence-electron chi connectivity index (χ2n) is 7.58. The van der Waals surface area contributed by atoms with Crippen LogP contribution in [0.4, 0.5) is 0 Å². The molecule has 0 saturated carbocycles. The normalized spacial score (nSPS) is 14.7. The predicted molar refractivity (Wildman–Crippen MR) is 114 cm³/mol. The van der Waals surface area contributed by atoms with E-state index in [0.29, 0.717) is 23.1 Å². The zero-order chi connectivity index (χ0) is 20.9. The topological polar surface area (TPSA) is 85.4 Å². The molecule has 2 aromatic carbocycles. The Morgan fingerprint density at radius 2 is 1.94 bits per heavy atom. The summed E-state index contributed by atoms with van der Waals surface area (Å²) in [6.45, 7) is 2.06. The van der Waals surface area contributed by atoms with Gasteiger partial charge in [0.1, 0.15) is 17.8 Å². The Kier molecular flexibility index (Phi) is 3.76. The maximum absolute atomic E-state index is 10.00. The van der Waals surface area contributed by atoms with Crippen LogP contribution in [0.3, 0.4) is 0 Å². The summed E-state index contributed by atoms with van der Waals surface area (Å²) in [4.78, 5) is 13.5. The van der Waals surface area contributed by atoms with Gasteiger partial charge in [-0.25, -0.2) is 14.5 Å². The van der Waals surface area contributed by atoms with E-state index in [9.17, 15) is 5.11 Å². The van der Waals surface area contributed by atoms with Gasteiger partial charge < -0.3 is 9.84 Å². The molecular formula is C24H17N5O2. The lowest BCUT2D eigenvalue weighted by molar-refractivity contribution is 0.422. The quantitative estimate of drug-likeness (QED) is 0.455. The summed E-state index contributed by atoms with van der Waals surface area (Å²) < 4.78 is 7.77. The number of ether oxygens (including phenoxy) is 1. The number of phenols is 1. The largest absolute Gasteiger partial charge is 0.508 e. The van der Waals surface area contributed by atoms with Crippen LogP contribution < -0.4 is 4.74 Å². The molecule has 0 fully saturated rings. The summed E-state index contributed by atoms with van der Waals surface area (Å²) in [6.07, 6.45) is 5.05. The van der Waals surface area contributed by atoms with Gasteiger partial charge in [0.15, 0.2) is 11.5 Å². The number of hydrogen-bond acceptors (Lipinski definition) is 6. The van der Waals surface area contributed by atoms with E-state index in [1.165, 1.54) is 5.56 Å². The SMILES string of the molecule is Cc1ccc([C@@H]2c3ccc(O)cc3Oc3ncn4nc(-c5cccnc5)nc4c32)cc1. The van der Waals surface area contributed by atoms with Crippen molar-refractivity contribution in [2.24, 2.45) is 0 Å². The van der Waals surface area contributed by atoms with Gasteiger partial charge in [0.2, 0.25) is 5.88 Å². The van der Waals surface area contributed by atoms with E-state index in [0.717, 1.165) is 22.3 Å². The lowest BCUT2D eigenvalue weighted by Crippen LogP contribution is -2.15. The highest BCUT2D eigenvalue weighted by Crippen LogP contribution is 2.48. The minimum absolute atomic E-state index is 0.146. The molecule has 0 aliphatic carbocycles. The highest BCUT2D eigenvalue weighted by molar-refractivity contribution is 5.68. The molecule has 1 atom stereocenters. The molecule has 0 radical (unpaired) electrons. The molecule has 5 aromatic rings. The summed E-state index contributed by atoms with van der Waals surface area (Å²) in [7, 11) is 0. The van der Waals surface area contributed by atoms with Crippen molar-refractivity contribution in [3.8, 4) is 28.8 Å². The van der Waals surface area contributed by atoms with E-state index in [1.54, 1.807) is 35.4 Å². The van der Waals surface area contributed by atoms with Crippen LogP contribution in [0, 0.1) is 6.92 Å². The van der Waals surface area contributed by atoms with E-state index < -0.39 is 0 Å². The van der Waals surface area contributed by atoms with Crippen LogP contribution in [-0.2, 0) is 0 Å². The van der Waals surface area contributed by atoms with Crippen molar-refractivity contribution >= 4 is 5.65 Å². The number of nitrogens with zero attached hydrogens (tertiary/aromatic N) is 5. The highest BCUT2D eigenvalue weighted by Gasteiger charge is 2.33. The lowest BCUT2D eigenvalue weighted by Gasteiger charge is -2.27. The molecule has 1 aliphatic heterocycles. The first-order chi connectivity index (χ1) is 15.2. The molecule has 31 heavy (non-hydrogen) atoms. The average molecular weight is 407 g/mol. The minimum atomic E-state index is -0.165. The zero-order valence-electron chi connectivity index (χ0n) is 16.6.